The van der Waals surface area contributed by atoms with Gasteiger partial charge in [0.2, 0.25) is 5.91 Å². The molecule has 0 aliphatic rings. The molecule has 0 heterocycles. The molecule has 1 rings (SSSR count). The van der Waals surface area contributed by atoms with E-state index in [-0.39, 0.29) is 24.2 Å². The van der Waals surface area contributed by atoms with Gasteiger partial charge in [-0.05, 0) is 32.9 Å². The molecule has 110 valence electrons. The van der Waals surface area contributed by atoms with Crippen molar-refractivity contribution >= 4 is 27.5 Å². The lowest BCUT2D eigenvalue weighted by molar-refractivity contribution is -0.385. The molecular weight excluding hydrogens is 326 g/mol. The van der Waals surface area contributed by atoms with Gasteiger partial charge in [-0.25, -0.2) is 0 Å². The second-order valence-corrected chi connectivity index (χ2v) is 5.71. The average Bonchev–Trinajstić information content (AvgIpc) is 2.35. The summed E-state index contributed by atoms with van der Waals surface area (Å²) in [6.45, 7) is 5.74. The number of nitro groups is 1. The number of benzene rings is 1. The van der Waals surface area contributed by atoms with Gasteiger partial charge in [0.1, 0.15) is 0 Å². The molecule has 0 saturated carbocycles. The van der Waals surface area contributed by atoms with E-state index in [4.69, 9.17) is 0 Å². The van der Waals surface area contributed by atoms with Crippen molar-refractivity contribution in [3.05, 3.63) is 38.3 Å². The van der Waals surface area contributed by atoms with E-state index >= 15 is 0 Å². The van der Waals surface area contributed by atoms with Crippen LogP contribution in [0.3, 0.4) is 0 Å². The molecule has 0 bridgehead atoms. The number of hydrogen-bond donors (Lipinski definition) is 2. The lowest BCUT2D eigenvalue weighted by atomic mass is 10.1. The van der Waals surface area contributed by atoms with Crippen LogP contribution in [0.25, 0.3) is 0 Å². The maximum absolute atomic E-state index is 11.7. The molecule has 1 aromatic carbocycles. The predicted molar refractivity (Wildman–Crippen MR) is 80.4 cm³/mol. The molecule has 0 radical (unpaired) electrons. The van der Waals surface area contributed by atoms with E-state index < -0.39 is 11.0 Å². The monoisotopic (exact) mass is 343 g/mol. The summed E-state index contributed by atoms with van der Waals surface area (Å²) in [5.41, 5.74) is 0.575. The highest BCUT2D eigenvalue weighted by Crippen LogP contribution is 2.23. The molecule has 1 amide bonds. The maximum atomic E-state index is 11.7. The summed E-state index contributed by atoms with van der Waals surface area (Å²) < 4.78 is 0.651. The zero-order valence-electron chi connectivity index (χ0n) is 11.6. The van der Waals surface area contributed by atoms with E-state index in [2.05, 4.69) is 26.6 Å². The number of amides is 1. The van der Waals surface area contributed by atoms with Crippen molar-refractivity contribution in [1.29, 1.82) is 0 Å². The first-order valence-electron chi connectivity index (χ1n) is 6.28. The molecule has 2 N–H and O–H groups in total. The molecule has 1 aromatic rings. The van der Waals surface area contributed by atoms with Gasteiger partial charge in [-0.15, -0.1) is 0 Å². The third-order valence-electron chi connectivity index (χ3n) is 2.67. The summed E-state index contributed by atoms with van der Waals surface area (Å²) in [7, 11) is 0. The van der Waals surface area contributed by atoms with Crippen LogP contribution in [0.4, 0.5) is 5.69 Å². The van der Waals surface area contributed by atoms with Crippen molar-refractivity contribution in [2.24, 2.45) is 0 Å². The summed E-state index contributed by atoms with van der Waals surface area (Å²) in [5, 5.41) is 16.7. The van der Waals surface area contributed by atoms with Gasteiger partial charge < -0.3 is 10.6 Å². The Morgan fingerprint density at radius 2 is 2.05 bits per heavy atom. The van der Waals surface area contributed by atoms with Crippen LogP contribution >= 0.6 is 15.9 Å². The summed E-state index contributed by atoms with van der Waals surface area (Å²) in [6, 6.07) is 4.51. The van der Waals surface area contributed by atoms with E-state index in [1.54, 1.807) is 19.1 Å². The van der Waals surface area contributed by atoms with Gasteiger partial charge in [-0.2, -0.15) is 0 Å². The number of halogens is 1. The minimum atomic E-state index is -0.430. The van der Waals surface area contributed by atoms with Crippen LogP contribution in [0.5, 0.6) is 0 Å². The summed E-state index contributed by atoms with van der Waals surface area (Å²) in [4.78, 5) is 22.3. The van der Waals surface area contributed by atoms with Gasteiger partial charge in [0.15, 0.2) is 0 Å². The Morgan fingerprint density at radius 1 is 1.40 bits per heavy atom. The van der Waals surface area contributed by atoms with E-state index in [1.165, 1.54) is 6.07 Å². The van der Waals surface area contributed by atoms with Crippen LogP contribution in [0.15, 0.2) is 22.7 Å². The van der Waals surface area contributed by atoms with Gasteiger partial charge in [0.05, 0.1) is 11.0 Å². The van der Waals surface area contributed by atoms with Gasteiger partial charge in [-0.1, -0.05) is 15.9 Å². The zero-order valence-corrected chi connectivity index (χ0v) is 13.2. The van der Waals surface area contributed by atoms with E-state index in [0.29, 0.717) is 10.0 Å². The minimum Gasteiger partial charge on any atom is -0.353 e. The molecule has 20 heavy (non-hydrogen) atoms. The van der Waals surface area contributed by atoms with E-state index in [0.717, 1.165) is 0 Å². The normalized spacial score (nSPS) is 12.2. The molecule has 0 spiro atoms. The first-order chi connectivity index (χ1) is 9.31. The van der Waals surface area contributed by atoms with E-state index in [9.17, 15) is 14.9 Å². The standard InChI is InChI=1S/C13H18BrN3O3/c1-8(2)16-13(18)9(3)15-7-10-4-5-11(14)6-12(10)17(19)20/h4-6,8-9,15H,7H2,1-3H3,(H,16,18). The molecular formula is C13H18BrN3O3. The van der Waals surface area contributed by atoms with Crippen LogP contribution in [-0.4, -0.2) is 22.9 Å². The van der Waals surface area contributed by atoms with Crippen molar-refractivity contribution in [1.82, 2.24) is 10.6 Å². The number of carbonyl (C=O) groups is 1. The third-order valence-corrected chi connectivity index (χ3v) is 3.16. The predicted octanol–water partition coefficient (Wildman–Crippen LogP) is 2.36. The van der Waals surface area contributed by atoms with Gasteiger partial charge >= 0.3 is 0 Å². The second-order valence-electron chi connectivity index (χ2n) is 4.80. The number of nitrogens with zero attached hydrogens (tertiary/aromatic N) is 1. The van der Waals surface area contributed by atoms with Gasteiger partial charge in [0, 0.05) is 28.7 Å². The third kappa shape index (κ3) is 4.90. The fourth-order valence-corrected chi connectivity index (χ4v) is 1.97. The SMILES string of the molecule is CC(C)NC(=O)C(C)NCc1ccc(Br)cc1[N+](=O)[O-]. The fourth-order valence-electron chi connectivity index (χ4n) is 1.62. The topological polar surface area (TPSA) is 84.3 Å². The lowest BCUT2D eigenvalue weighted by Gasteiger charge is -2.16. The number of nitrogens with one attached hydrogen (secondary N) is 2. The molecule has 1 unspecified atom stereocenters. The Morgan fingerprint density at radius 3 is 2.60 bits per heavy atom. The second kappa shape index (κ2) is 7.35. The Kier molecular flexibility index (Phi) is 6.09. The number of hydrogen-bond acceptors (Lipinski definition) is 4. The van der Waals surface area contributed by atoms with Crippen molar-refractivity contribution in [3.8, 4) is 0 Å². The summed E-state index contributed by atoms with van der Waals surface area (Å²) in [5.74, 6) is -0.125. The van der Waals surface area contributed by atoms with Crippen molar-refractivity contribution in [2.45, 2.75) is 39.4 Å². The molecule has 7 heteroatoms. The fraction of sp³-hybridized carbons (Fsp3) is 0.462. The van der Waals surface area contributed by atoms with Crippen molar-refractivity contribution in [2.75, 3.05) is 0 Å². The summed E-state index contributed by atoms with van der Waals surface area (Å²) >= 11 is 3.21. The Labute approximate surface area is 126 Å². The number of rotatable bonds is 6. The molecule has 0 aliphatic carbocycles. The highest BCUT2D eigenvalue weighted by molar-refractivity contribution is 9.10. The molecule has 0 saturated heterocycles. The highest BCUT2D eigenvalue weighted by Gasteiger charge is 2.17. The van der Waals surface area contributed by atoms with Crippen molar-refractivity contribution < 1.29 is 9.72 Å². The van der Waals surface area contributed by atoms with Crippen molar-refractivity contribution in [3.63, 3.8) is 0 Å². The molecule has 0 aromatic heterocycles. The number of nitro benzene ring substituents is 1. The number of carbonyl (C=O) groups excluding carboxylic acids is 1. The molecule has 6 nitrogen and oxygen atoms in total. The van der Waals surface area contributed by atoms with Crippen LogP contribution in [0.2, 0.25) is 0 Å². The average molecular weight is 344 g/mol. The molecule has 0 fully saturated rings. The van der Waals surface area contributed by atoms with Crippen LogP contribution < -0.4 is 10.6 Å². The van der Waals surface area contributed by atoms with Crippen LogP contribution in [-0.2, 0) is 11.3 Å². The minimum absolute atomic E-state index is 0.0309. The lowest BCUT2D eigenvalue weighted by Crippen LogP contribution is -2.44. The zero-order chi connectivity index (χ0) is 15.3. The quantitative estimate of drug-likeness (QED) is 0.613. The summed E-state index contributed by atoms with van der Waals surface area (Å²) in [6.07, 6.45) is 0. The maximum Gasteiger partial charge on any atom is 0.275 e. The van der Waals surface area contributed by atoms with E-state index in [1.807, 2.05) is 13.8 Å². The molecule has 0 aliphatic heterocycles. The Bertz CT molecular complexity index is 506. The van der Waals surface area contributed by atoms with Gasteiger partial charge in [0.25, 0.3) is 5.69 Å². The molecule has 1 atom stereocenters. The smallest absolute Gasteiger partial charge is 0.275 e. The Hall–Kier alpha value is -1.47. The largest absolute Gasteiger partial charge is 0.353 e. The van der Waals surface area contributed by atoms with Crippen LogP contribution in [0, 0.1) is 10.1 Å². The first-order valence-corrected chi connectivity index (χ1v) is 7.07. The highest BCUT2D eigenvalue weighted by atomic mass is 79.9. The van der Waals surface area contributed by atoms with Crippen LogP contribution in [0.1, 0.15) is 26.3 Å². The first kappa shape index (κ1) is 16.6. The van der Waals surface area contributed by atoms with Gasteiger partial charge in [-0.3, -0.25) is 14.9 Å². The Balaban J connectivity index is 2.70.